The molecule has 7 nitrogen and oxygen atoms in total. The molecule has 0 aliphatic heterocycles. The number of halogens is 3. The Morgan fingerprint density at radius 1 is 0.917 bits per heavy atom. The van der Waals surface area contributed by atoms with Crippen LogP contribution in [0.3, 0.4) is 0 Å². The quantitative estimate of drug-likeness (QED) is 0.385. The molecular weight excluding hydrogens is 475 g/mol. The third-order valence-corrected chi connectivity index (χ3v) is 5.49. The second-order valence-electron chi connectivity index (χ2n) is 8.38. The number of rotatable bonds is 12. The Hall–Kier alpha value is -3.69. The molecule has 3 N–H and O–H groups in total. The maximum absolute atomic E-state index is 13.4. The smallest absolute Gasteiger partial charge is 0.345 e. The molecule has 0 bridgehead atoms. The van der Waals surface area contributed by atoms with E-state index in [0.717, 1.165) is 25.0 Å². The molecule has 1 unspecified atom stereocenters. The Bertz CT molecular complexity index is 1040. The van der Waals surface area contributed by atoms with Crippen LogP contribution in [0.25, 0.3) is 0 Å². The number of amides is 3. The molecule has 0 aliphatic carbocycles. The Labute approximate surface area is 207 Å². The topological polar surface area (TPSA) is 104 Å². The third-order valence-electron chi connectivity index (χ3n) is 5.49. The lowest BCUT2D eigenvalue weighted by Gasteiger charge is -2.23. The molecule has 0 saturated carbocycles. The molecule has 0 aliphatic rings. The zero-order valence-corrected chi connectivity index (χ0v) is 20.1. The van der Waals surface area contributed by atoms with Crippen molar-refractivity contribution in [2.75, 3.05) is 0 Å². The summed E-state index contributed by atoms with van der Waals surface area (Å²) in [5.74, 6) is -2.42. The van der Waals surface area contributed by atoms with Crippen LogP contribution in [0.2, 0.25) is 0 Å². The van der Waals surface area contributed by atoms with Crippen LogP contribution in [0, 0.1) is 0 Å². The molecule has 0 spiro atoms. The lowest BCUT2D eigenvalue weighted by molar-refractivity contribution is -0.138. The van der Waals surface area contributed by atoms with E-state index in [1.165, 1.54) is 19.1 Å². The molecule has 3 amide bonds. The minimum absolute atomic E-state index is 0.0194. The standard InChI is InChI=1S/C26H30F3N3O4/c1-3-4-12-19(16-33)31-23(34)17(2)30-25(36)22(15-18-10-6-5-7-11-18)32-24(35)20-13-8-9-14-21(20)26(27,28)29/h5-11,13-14,16-17,19,22H,3-4,12,15H2,1-2H3,(H,30,36)(H,31,34)(H,32,35)/t17-,19-,22?/m0/s1. The van der Waals surface area contributed by atoms with Gasteiger partial charge in [-0.25, -0.2) is 0 Å². The number of carbonyl (C=O) groups is 4. The molecule has 194 valence electrons. The summed E-state index contributed by atoms with van der Waals surface area (Å²) in [6, 6.07) is 9.86. The van der Waals surface area contributed by atoms with Gasteiger partial charge in [-0.1, -0.05) is 62.2 Å². The van der Waals surface area contributed by atoms with Crippen LogP contribution in [-0.4, -0.2) is 42.1 Å². The molecule has 3 atom stereocenters. The van der Waals surface area contributed by atoms with Crippen molar-refractivity contribution < 1.29 is 32.3 Å². The normalized spacial score (nSPS) is 13.7. The van der Waals surface area contributed by atoms with Crippen molar-refractivity contribution in [3.05, 3.63) is 71.3 Å². The van der Waals surface area contributed by atoms with Gasteiger partial charge in [0.1, 0.15) is 18.4 Å². The summed E-state index contributed by atoms with van der Waals surface area (Å²) < 4.78 is 40.2. The van der Waals surface area contributed by atoms with Crippen LogP contribution in [0.1, 0.15) is 54.6 Å². The maximum atomic E-state index is 13.4. The summed E-state index contributed by atoms with van der Waals surface area (Å²) in [6.45, 7) is 3.36. The van der Waals surface area contributed by atoms with Crippen molar-refractivity contribution in [2.45, 2.75) is 63.8 Å². The van der Waals surface area contributed by atoms with Crippen molar-refractivity contribution in [3.8, 4) is 0 Å². The summed E-state index contributed by atoms with van der Waals surface area (Å²) in [4.78, 5) is 49.6. The highest BCUT2D eigenvalue weighted by Gasteiger charge is 2.36. The van der Waals surface area contributed by atoms with Gasteiger partial charge in [-0.3, -0.25) is 14.4 Å². The highest BCUT2D eigenvalue weighted by Crippen LogP contribution is 2.31. The summed E-state index contributed by atoms with van der Waals surface area (Å²) in [5, 5.41) is 7.41. The van der Waals surface area contributed by atoms with E-state index < -0.39 is 53.2 Å². The van der Waals surface area contributed by atoms with E-state index in [9.17, 15) is 32.3 Å². The van der Waals surface area contributed by atoms with Crippen molar-refractivity contribution in [1.82, 2.24) is 16.0 Å². The third kappa shape index (κ3) is 8.51. The van der Waals surface area contributed by atoms with Gasteiger partial charge in [-0.2, -0.15) is 13.2 Å². The van der Waals surface area contributed by atoms with Gasteiger partial charge in [0, 0.05) is 6.42 Å². The first-order chi connectivity index (χ1) is 17.1. The van der Waals surface area contributed by atoms with Crippen LogP contribution in [0.4, 0.5) is 13.2 Å². The van der Waals surface area contributed by atoms with Crippen molar-refractivity contribution >= 4 is 24.0 Å². The summed E-state index contributed by atoms with van der Waals surface area (Å²) in [6.07, 6.45) is -2.13. The Morgan fingerprint density at radius 2 is 1.56 bits per heavy atom. The Kier molecular flexibility index (Phi) is 10.6. The molecule has 2 aromatic carbocycles. The van der Waals surface area contributed by atoms with E-state index in [0.29, 0.717) is 18.3 Å². The fraction of sp³-hybridized carbons (Fsp3) is 0.385. The van der Waals surface area contributed by atoms with Crippen LogP contribution in [0.5, 0.6) is 0 Å². The van der Waals surface area contributed by atoms with Crippen LogP contribution in [-0.2, 0) is 27.0 Å². The van der Waals surface area contributed by atoms with Crippen LogP contribution < -0.4 is 16.0 Å². The fourth-order valence-corrected chi connectivity index (χ4v) is 3.51. The molecule has 0 radical (unpaired) electrons. The van der Waals surface area contributed by atoms with Crippen molar-refractivity contribution in [3.63, 3.8) is 0 Å². The van der Waals surface area contributed by atoms with E-state index in [4.69, 9.17) is 0 Å². The van der Waals surface area contributed by atoms with Gasteiger partial charge in [0.15, 0.2) is 0 Å². The number of hydrogen-bond acceptors (Lipinski definition) is 4. The SMILES string of the molecule is CCCC[C@@H](C=O)NC(=O)[C@H](C)NC(=O)C(Cc1ccccc1)NC(=O)c1ccccc1C(F)(F)F. The lowest BCUT2D eigenvalue weighted by Crippen LogP contribution is -2.54. The second-order valence-corrected chi connectivity index (χ2v) is 8.38. The highest BCUT2D eigenvalue weighted by molar-refractivity contribution is 5.99. The van der Waals surface area contributed by atoms with Gasteiger partial charge >= 0.3 is 6.18 Å². The number of nitrogens with one attached hydrogen (secondary N) is 3. The number of hydrogen-bond donors (Lipinski definition) is 3. The van der Waals surface area contributed by atoms with Crippen molar-refractivity contribution in [1.29, 1.82) is 0 Å². The average Bonchev–Trinajstić information content (AvgIpc) is 2.85. The highest BCUT2D eigenvalue weighted by atomic mass is 19.4. The Balaban J connectivity index is 2.19. The monoisotopic (exact) mass is 505 g/mol. The van der Waals surface area contributed by atoms with Gasteiger partial charge in [-0.15, -0.1) is 0 Å². The lowest BCUT2D eigenvalue weighted by atomic mass is 10.0. The van der Waals surface area contributed by atoms with Crippen LogP contribution in [0.15, 0.2) is 54.6 Å². The summed E-state index contributed by atoms with van der Waals surface area (Å²) >= 11 is 0. The number of benzene rings is 2. The predicted molar refractivity (Wildman–Crippen MR) is 128 cm³/mol. The second kappa shape index (κ2) is 13.4. The summed E-state index contributed by atoms with van der Waals surface area (Å²) in [7, 11) is 0. The largest absolute Gasteiger partial charge is 0.417 e. The molecule has 0 aromatic heterocycles. The van der Waals surface area contributed by atoms with Gasteiger partial charge in [0.2, 0.25) is 11.8 Å². The fourth-order valence-electron chi connectivity index (χ4n) is 3.51. The minimum atomic E-state index is -4.76. The number of unbranched alkanes of at least 4 members (excludes halogenated alkanes) is 1. The molecule has 10 heteroatoms. The zero-order valence-electron chi connectivity index (χ0n) is 20.1. The molecule has 2 rings (SSSR count). The first-order valence-corrected chi connectivity index (χ1v) is 11.6. The average molecular weight is 506 g/mol. The number of aldehydes is 1. The molecule has 0 saturated heterocycles. The van der Waals surface area contributed by atoms with E-state index >= 15 is 0 Å². The van der Waals surface area contributed by atoms with Gasteiger partial charge < -0.3 is 20.7 Å². The first-order valence-electron chi connectivity index (χ1n) is 11.6. The van der Waals surface area contributed by atoms with Crippen molar-refractivity contribution in [2.24, 2.45) is 0 Å². The first kappa shape index (κ1) is 28.5. The molecule has 0 heterocycles. The zero-order chi connectivity index (χ0) is 26.7. The van der Waals surface area contributed by atoms with E-state index in [1.807, 2.05) is 6.92 Å². The number of alkyl halides is 3. The van der Waals surface area contributed by atoms with Gasteiger partial charge in [0.25, 0.3) is 5.91 Å². The van der Waals surface area contributed by atoms with E-state index in [1.54, 1.807) is 30.3 Å². The molecule has 2 aromatic rings. The van der Waals surface area contributed by atoms with E-state index in [-0.39, 0.29) is 6.42 Å². The Morgan fingerprint density at radius 3 is 2.17 bits per heavy atom. The van der Waals surface area contributed by atoms with E-state index in [2.05, 4.69) is 16.0 Å². The van der Waals surface area contributed by atoms with Gasteiger partial charge in [-0.05, 0) is 31.0 Å². The maximum Gasteiger partial charge on any atom is 0.417 e. The summed E-state index contributed by atoms with van der Waals surface area (Å²) in [5.41, 5.74) is -1.09. The number of carbonyl (C=O) groups excluding carboxylic acids is 4. The van der Waals surface area contributed by atoms with Gasteiger partial charge in [0.05, 0.1) is 17.2 Å². The predicted octanol–water partition coefficient (Wildman–Crippen LogP) is 3.43. The molecule has 0 fully saturated rings. The van der Waals surface area contributed by atoms with Crippen LogP contribution >= 0.6 is 0 Å². The molecule has 36 heavy (non-hydrogen) atoms. The minimum Gasteiger partial charge on any atom is -0.345 e. The molecular formula is C26H30F3N3O4.